The minimum atomic E-state index is -0.699. The van der Waals surface area contributed by atoms with Gasteiger partial charge in [-0.15, -0.1) is 0 Å². The molecular formula is C25H40N4O4. The minimum absolute atomic E-state index is 0.128. The van der Waals surface area contributed by atoms with E-state index in [1.165, 1.54) is 0 Å². The summed E-state index contributed by atoms with van der Waals surface area (Å²) in [7, 11) is 0. The highest BCUT2D eigenvalue weighted by Gasteiger charge is 2.26. The van der Waals surface area contributed by atoms with E-state index in [0.717, 1.165) is 31.6 Å². The predicted octanol–water partition coefficient (Wildman–Crippen LogP) is 2.95. The molecule has 0 aromatic heterocycles. The fraction of sp³-hybridized carbons (Fsp3) is 0.640. The molecule has 1 saturated heterocycles. The topological polar surface area (TPSA) is 91.0 Å². The fourth-order valence-electron chi connectivity index (χ4n) is 3.63. The fourth-order valence-corrected chi connectivity index (χ4v) is 3.63. The molecule has 33 heavy (non-hydrogen) atoms. The molecule has 0 bridgehead atoms. The number of hydrogen-bond acceptors (Lipinski definition) is 5. The van der Waals surface area contributed by atoms with E-state index in [9.17, 15) is 14.4 Å². The molecular weight excluding hydrogens is 420 g/mol. The van der Waals surface area contributed by atoms with Crippen LogP contribution in [0.5, 0.6) is 0 Å². The molecule has 1 unspecified atom stereocenters. The van der Waals surface area contributed by atoms with Gasteiger partial charge in [-0.05, 0) is 45.2 Å². The molecule has 184 valence electrons. The van der Waals surface area contributed by atoms with Crippen LogP contribution in [0.4, 0.5) is 4.79 Å². The second-order valence-electron chi connectivity index (χ2n) is 9.96. The normalized spacial score (nSPS) is 15.8. The molecule has 3 amide bonds. The molecule has 2 N–H and O–H groups in total. The Morgan fingerprint density at radius 1 is 1.03 bits per heavy atom. The summed E-state index contributed by atoms with van der Waals surface area (Å²) in [5.74, 6) is -0.106. The first-order chi connectivity index (χ1) is 15.5. The average Bonchev–Trinajstić information content (AvgIpc) is 2.74. The number of piperazine rings is 1. The van der Waals surface area contributed by atoms with Gasteiger partial charge in [-0.3, -0.25) is 14.5 Å². The van der Waals surface area contributed by atoms with E-state index >= 15 is 0 Å². The maximum atomic E-state index is 12.9. The van der Waals surface area contributed by atoms with Gasteiger partial charge >= 0.3 is 6.09 Å². The van der Waals surface area contributed by atoms with Crippen molar-refractivity contribution in [3.63, 3.8) is 0 Å². The van der Waals surface area contributed by atoms with Gasteiger partial charge in [0.1, 0.15) is 11.6 Å². The van der Waals surface area contributed by atoms with Crippen molar-refractivity contribution in [2.45, 2.75) is 59.1 Å². The Kier molecular flexibility index (Phi) is 10.2. The van der Waals surface area contributed by atoms with Crippen molar-refractivity contribution < 1.29 is 19.1 Å². The molecule has 1 heterocycles. The summed E-state index contributed by atoms with van der Waals surface area (Å²) in [5, 5.41) is 5.84. The average molecular weight is 461 g/mol. The van der Waals surface area contributed by atoms with Crippen LogP contribution < -0.4 is 10.6 Å². The lowest BCUT2D eigenvalue weighted by molar-refractivity contribution is -0.129. The number of carbonyl (C=O) groups excluding carboxylic acids is 3. The Morgan fingerprint density at radius 3 is 2.24 bits per heavy atom. The van der Waals surface area contributed by atoms with Gasteiger partial charge in [0.25, 0.3) is 0 Å². The quantitative estimate of drug-likeness (QED) is 0.553. The van der Waals surface area contributed by atoms with Gasteiger partial charge in [-0.25, -0.2) is 4.79 Å². The molecule has 1 aliphatic heterocycles. The molecule has 2 rings (SSSR count). The third-order valence-electron chi connectivity index (χ3n) is 5.27. The first kappa shape index (κ1) is 26.6. The molecule has 1 fully saturated rings. The summed E-state index contributed by atoms with van der Waals surface area (Å²) in [6.07, 6.45) is 0.909. The zero-order chi connectivity index (χ0) is 24.4. The summed E-state index contributed by atoms with van der Waals surface area (Å²) < 4.78 is 5.44. The summed E-state index contributed by atoms with van der Waals surface area (Å²) in [4.78, 5) is 41.4. The lowest BCUT2D eigenvalue weighted by Gasteiger charge is -2.35. The van der Waals surface area contributed by atoms with Crippen LogP contribution in [0.1, 0.15) is 59.1 Å². The molecule has 1 atom stereocenters. The highest BCUT2D eigenvalue weighted by Crippen LogP contribution is 2.14. The largest absolute Gasteiger partial charge is 0.444 e. The number of hydrogen-bond donors (Lipinski definition) is 2. The number of nitrogens with zero attached hydrogens (tertiary/aromatic N) is 2. The molecule has 0 radical (unpaired) electrons. The van der Waals surface area contributed by atoms with Crippen LogP contribution in [0.25, 0.3) is 0 Å². The van der Waals surface area contributed by atoms with Gasteiger partial charge in [-0.1, -0.05) is 44.2 Å². The zero-order valence-corrected chi connectivity index (χ0v) is 20.7. The number of nitrogens with one attached hydrogen (secondary N) is 2. The summed E-state index contributed by atoms with van der Waals surface area (Å²) >= 11 is 0. The van der Waals surface area contributed by atoms with E-state index in [0.29, 0.717) is 26.1 Å². The van der Waals surface area contributed by atoms with Crippen LogP contribution in [0.2, 0.25) is 0 Å². The number of rotatable bonds is 9. The van der Waals surface area contributed by atoms with Crippen molar-refractivity contribution in [1.82, 2.24) is 20.4 Å². The van der Waals surface area contributed by atoms with Gasteiger partial charge in [0.15, 0.2) is 0 Å². The van der Waals surface area contributed by atoms with Gasteiger partial charge in [0.05, 0.1) is 0 Å². The van der Waals surface area contributed by atoms with Gasteiger partial charge in [0, 0.05) is 39.1 Å². The molecule has 1 aromatic rings. The Morgan fingerprint density at radius 2 is 1.67 bits per heavy atom. The van der Waals surface area contributed by atoms with Crippen LogP contribution in [0.15, 0.2) is 30.3 Å². The monoisotopic (exact) mass is 460 g/mol. The second-order valence-corrected chi connectivity index (χ2v) is 9.96. The molecule has 0 saturated carbocycles. The van der Waals surface area contributed by atoms with Crippen molar-refractivity contribution in [3.05, 3.63) is 35.9 Å². The summed E-state index contributed by atoms with van der Waals surface area (Å²) in [6, 6.07) is 8.61. The number of benzene rings is 1. The van der Waals surface area contributed by atoms with E-state index < -0.39 is 11.6 Å². The predicted molar refractivity (Wildman–Crippen MR) is 129 cm³/mol. The highest BCUT2D eigenvalue weighted by molar-refractivity contribution is 5.88. The van der Waals surface area contributed by atoms with Crippen LogP contribution in [0, 0.1) is 5.92 Å². The highest BCUT2D eigenvalue weighted by atomic mass is 16.6. The number of ether oxygens (including phenoxy) is 1. The Hall–Kier alpha value is -2.61. The first-order valence-electron chi connectivity index (χ1n) is 11.9. The van der Waals surface area contributed by atoms with Crippen LogP contribution in [-0.2, 0) is 14.3 Å². The van der Waals surface area contributed by atoms with Crippen molar-refractivity contribution >= 4 is 17.9 Å². The third kappa shape index (κ3) is 9.82. The Balaban J connectivity index is 1.76. The van der Waals surface area contributed by atoms with Crippen molar-refractivity contribution in [2.24, 2.45) is 5.92 Å². The first-order valence-corrected chi connectivity index (χ1v) is 11.9. The van der Waals surface area contributed by atoms with E-state index in [1.54, 1.807) is 4.90 Å². The molecule has 0 spiro atoms. The Labute approximate surface area is 198 Å². The van der Waals surface area contributed by atoms with E-state index in [-0.39, 0.29) is 23.8 Å². The maximum absolute atomic E-state index is 12.9. The third-order valence-corrected chi connectivity index (χ3v) is 5.27. The minimum Gasteiger partial charge on any atom is -0.444 e. The van der Waals surface area contributed by atoms with Crippen LogP contribution in [-0.4, -0.2) is 72.6 Å². The molecule has 8 nitrogen and oxygen atoms in total. The van der Waals surface area contributed by atoms with Crippen LogP contribution >= 0.6 is 0 Å². The lowest BCUT2D eigenvalue weighted by Crippen LogP contribution is -2.50. The summed E-state index contributed by atoms with van der Waals surface area (Å²) in [5.41, 5.74) is 0.281. The van der Waals surface area contributed by atoms with Gasteiger partial charge in [-0.2, -0.15) is 0 Å². The maximum Gasteiger partial charge on any atom is 0.410 e. The van der Waals surface area contributed by atoms with Crippen LogP contribution in [0.3, 0.4) is 0 Å². The van der Waals surface area contributed by atoms with E-state index in [4.69, 9.17) is 4.74 Å². The second kappa shape index (κ2) is 12.6. The zero-order valence-electron chi connectivity index (χ0n) is 20.7. The molecule has 1 aromatic carbocycles. The van der Waals surface area contributed by atoms with Gasteiger partial charge < -0.3 is 20.3 Å². The molecule has 1 aliphatic rings. The SMILES string of the molecule is CC(C)CC(=O)NC(C(=O)NCCCN1CCN(C(=O)OC(C)(C)C)CC1)c1ccccc1. The number of amides is 3. The molecule has 0 aliphatic carbocycles. The van der Waals surface area contributed by atoms with E-state index in [1.807, 2.05) is 65.0 Å². The summed E-state index contributed by atoms with van der Waals surface area (Å²) in [6.45, 7) is 13.8. The van der Waals surface area contributed by atoms with Crippen molar-refractivity contribution in [3.8, 4) is 0 Å². The smallest absolute Gasteiger partial charge is 0.410 e. The van der Waals surface area contributed by atoms with Crippen molar-refractivity contribution in [1.29, 1.82) is 0 Å². The lowest BCUT2D eigenvalue weighted by atomic mass is 10.0. The Bertz CT molecular complexity index is 768. The van der Waals surface area contributed by atoms with Gasteiger partial charge in [0.2, 0.25) is 11.8 Å². The standard InChI is InChI=1S/C25H40N4O4/c1-19(2)18-21(30)27-22(20-10-7-6-8-11-20)23(31)26-12-9-13-28-14-16-29(17-15-28)24(32)33-25(3,4)5/h6-8,10-11,19,22H,9,12-18H2,1-5H3,(H,26,31)(H,27,30). The van der Waals surface area contributed by atoms with E-state index in [2.05, 4.69) is 15.5 Å². The molecule has 8 heteroatoms. The van der Waals surface area contributed by atoms with Crippen molar-refractivity contribution in [2.75, 3.05) is 39.3 Å². The number of carbonyl (C=O) groups is 3.